The Balaban J connectivity index is 1.64. The van der Waals surface area contributed by atoms with E-state index in [4.69, 9.17) is 0 Å². The van der Waals surface area contributed by atoms with E-state index in [-0.39, 0.29) is 5.91 Å². The fourth-order valence-electron chi connectivity index (χ4n) is 2.10. The lowest BCUT2D eigenvalue weighted by Gasteiger charge is -2.01. The maximum atomic E-state index is 12.1. The third-order valence-electron chi connectivity index (χ3n) is 3.37. The van der Waals surface area contributed by atoms with E-state index in [1.165, 1.54) is 13.3 Å². The minimum atomic E-state index is -0.402. The molecule has 3 rings (SSSR count). The standard InChI is InChI=1S/C17H14N4O3/c1-24-17(23)13-4-2-12(3-5-13)11-19-20-16(22)14-6-8-21-9-7-18-15(21)10-14/h2-11H,1H3,(H,20,22)/b19-11+. The number of aromatic nitrogens is 2. The summed E-state index contributed by atoms with van der Waals surface area (Å²) in [5, 5.41) is 3.91. The number of ether oxygens (including phenoxy) is 1. The summed E-state index contributed by atoms with van der Waals surface area (Å²) >= 11 is 0. The number of carbonyl (C=O) groups is 2. The van der Waals surface area contributed by atoms with Gasteiger partial charge in [0, 0.05) is 24.2 Å². The highest BCUT2D eigenvalue weighted by Gasteiger charge is 2.06. The Labute approximate surface area is 137 Å². The van der Waals surface area contributed by atoms with Gasteiger partial charge in [-0.1, -0.05) is 12.1 Å². The second-order valence-corrected chi connectivity index (χ2v) is 4.92. The maximum absolute atomic E-state index is 12.1. The Morgan fingerprint density at radius 1 is 1.17 bits per heavy atom. The summed E-state index contributed by atoms with van der Waals surface area (Å²) in [5.41, 5.74) is 4.80. The van der Waals surface area contributed by atoms with E-state index in [9.17, 15) is 9.59 Å². The fraction of sp³-hybridized carbons (Fsp3) is 0.0588. The summed E-state index contributed by atoms with van der Waals surface area (Å²) in [5.74, 6) is -0.732. The molecule has 0 unspecified atom stereocenters. The third kappa shape index (κ3) is 3.30. The molecule has 0 saturated heterocycles. The molecule has 2 aromatic heterocycles. The molecule has 0 saturated carbocycles. The zero-order chi connectivity index (χ0) is 16.9. The maximum Gasteiger partial charge on any atom is 0.337 e. The molecule has 0 aliphatic rings. The highest BCUT2D eigenvalue weighted by Crippen LogP contribution is 2.06. The number of methoxy groups -OCH3 is 1. The van der Waals surface area contributed by atoms with Gasteiger partial charge in [-0.25, -0.2) is 15.2 Å². The fourth-order valence-corrected chi connectivity index (χ4v) is 2.10. The van der Waals surface area contributed by atoms with Gasteiger partial charge in [0.05, 0.1) is 18.9 Å². The van der Waals surface area contributed by atoms with Crippen LogP contribution in [-0.4, -0.2) is 34.6 Å². The van der Waals surface area contributed by atoms with Crippen molar-refractivity contribution in [2.75, 3.05) is 7.11 Å². The highest BCUT2D eigenvalue weighted by atomic mass is 16.5. The van der Waals surface area contributed by atoms with Crippen LogP contribution in [0.25, 0.3) is 5.65 Å². The molecule has 2 heterocycles. The Hall–Kier alpha value is -3.48. The summed E-state index contributed by atoms with van der Waals surface area (Å²) in [6.07, 6.45) is 6.71. The molecule has 7 nitrogen and oxygen atoms in total. The number of nitrogens with one attached hydrogen (secondary N) is 1. The number of benzene rings is 1. The number of hydrogen-bond donors (Lipinski definition) is 1. The first-order valence-corrected chi connectivity index (χ1v) is 7.12. The molecule has 1 amide bonds. The van der Waals surface area contributed by atoms with Gasteiger partial charge in [-0.3, -0.25) is 4.79 Å². The second-order valence-electron chi connectivity index (χ2n) is 4.92. The van der Waals surface area contributed by atoms with Crippen LogP contribution in [0.2, 0.25) is 0 Å². The number of rotatable bonds is 4. The van der Waals surface area contributed by atoms with Crippen LogP contribution in [-0.2, 0) is 4.74 Å². The number of carbonyl (C=O) groups excluding carboxylic acids is 2. The van der Waals surface area contributed by atoms with E-state index in [1.807, 2.05) is 4.40 Å². The van der Waals surface area contributed by atoms with Gasteiger partial charge in [-0.15, -0.1) is 0 Å². The molecule has 0 aliphatic heterocycles. The Bertz CT molecular complexity index is 913. The molecular weight excluding hydrogens is 308 g/mol. The summed E-state index contributed by atoms with van der Waals surface area (Å²) < 4.78 is 6.43. The van der Waals surface area contributed by atoms with Crippen LogP contribution in [0.1, 0.15) is 26.3 Å². The summed E-state index contributed by atoms with van der Waals surface area (Å²) in [4.78, 5) is 27.5. The van der Waals surface area contributed by atoms with Gasteiger partial charge in [0.25, 0.3) is 5.91 Å². The van der Waals surface area contributed by atoms with Gasteiger partial charge in [0.15, 0.2) is 0 Å². The van der Waals surface area contributed by atoms with Crippen LogP contribution in [0.5, 0.6) is 0 Å². The van der Waals surface area contributed by atoms with E-state index < -0.39 is 5.97 Å². The monoisotopic (exact) mass is 322 g/mol. The van der Waals surface area contributed by atoms with E-state index in [2.05, 4.69) is 20.2 Å². The van der Waals surface area contributed by atoms with Crippen LogP contribution in [0, 0.1) is 0 Å². The summed E-state index contributed by atoms with van der Waals surface area (Å²) in [7, 11) is 1.33. The lowest BCUT2D eigenvalue weighted by molar-refractivity contribution is 0.0600. The highest BCUT2D eigenvalue weighted by molar-refractivity contribution is 5.95. The first-order valence-electron chi connectivity index (χ1n) is 7.12. The van der Waals surface area contributed by atoms with Gasteiger partial charge in [0.2, 0.25) is 0 Å². The zero-order valence-corrected chi connectivity index (χ0v) is 12.8. The lowest BCUT2D eigenvalue weighted by Crippen LogP contribution is -2.17. The van der Waals surface area contributed by atoms with Crippen LogP contribution in [0.15, 0.2) is 60.1 Å². The first-order chi connectivity index (χ1) is 11.7. The normalized spacial score (nSPS) is 10.9. The number of hydrogen-bond acceptors (Lipinski definition) is 5. The van der Waals surface area contributed by atoms with E-state index in [0.29, 0.717) is 16.8 Å². The molecule has 24 heavy (non-hydrogen) atoms. The topological polar surface area (TPSA) is 85.1 Å². The van der Waals surface area contributed by atoms with Gasteiger partial charge < -0.3 is 9.14 Å². The number of esters is 1. The van der Waals surface area contributed by atoms with Crippen LogP contribution in [0.4, 0.5) is 0 Å². The molecule has 0 fully saturated rings. The predicted molar refractivity (Wildman–Crippen MR) is 88.0 cm³/mol. The van der Waals surface area contributed by atoms with Crippen molar-refractivity contribution in [2.45, 2.75) is 0 Å². The first kappa shape index (κ1) is 15.4. The van der Waals surface area contributed by atoms with Crippen molar-refractivity contribution in [1.82, 2.24) is 14.8 Å². The number of hydrazone groups is 1. The lowest BCUT2D eigenvalue weighted by atomic mass is 10.1. The van der Waals surface area contributed by atoms with Crippen molar-refractivity contribution in [3.63, 3.8) is 0 Å². The average molecular weight is 322 g/mol. The van der Waals surface area contributed by atoms with Crippen molar-refractivity contribution >= 4 is 23.7 Å². The van der Waals surface area contributed by atoms with Crippen molar-refractivity contribution in [2.24, 2.45) is 5.10 Å². The second kappa shape index (κ2) is 6.74. The summed E-state index contributed by atoms with van der Waals surface area (Å²) in [6.45, 7) is 0. The van der Waals surface area contributed by atoms with Crippen molar-refractivity contribution < 1.29 is 14.3 Å². The zero-order valence-electron chi connectivity index (χ0n) is 12.8. The number of amides is 1. The molecule has 1 aromatic carbocycles. The van der Waals surface area contributed by atoms with E-state index in [0.717, 1.165) is 5.56 Å². The molecule has 0 aliphatic carbocycles. The van der Waals surface area contributed by atoms with Crippen molar-refractivity contribution in [3.05, 3.63) is 71.7 Å². The van der Waals surface area contributed by atoms with Gasteiger partial charge in [-0.05, 0) is 29.8 Å². The third-order valence-corrected chi connectivity index (χ3v) is 3.37. The molecule has 0 atom stereocenters. The van der Waals surface area contributed by atoms with E-state index >= 15 is 0 Å². The van der Waals surface area contributed by atoms with Gasteiger partial charge in [-0.2, -0.15) is 5.10 Å². The number of pyridine rings is 1. The minimum Gasteiger partial charge on any atom is -0.465 e. The number of nitrogens with zero attached hydrogens (tertiary/aromatic N) is 3. The average Bonchev–Trinajstić information content (AvgIpc) is 3.09. The van der Waals surface area contributed by atoms with Gasteiger partial charge in [0.1, 0.15) is 5.65 Å². The smallest absolute Gasteiger partial charge is 0.337 e. The Morgan fingerprint density at radius 2 is 1.96 bits per heavy atom. The number of imidazole rings is 1. The Kier molecular flexibility index (Phi) is 4.33. The minimum absolute atomic E-state index is 0.331. The SMILES string of the molecule is COC(=O)c1ccc(/C=N/NC(=O)c2ccn3ccnc3c2)cc1. The molecule has 0 bridgehead atoms. The number of fused-ring (bicyclic) bond motifs is 1. The van der Waals surface area contributed by atoms with Crippen LogP contribution < -0.4 is 5.43 Å². The van der Waals surface area contributed by atoms with Crippen LogP contribution in [0.3, 0.4) is 0 Å². The predicted octanol–water partition coefficient (Wildman–Crippen LogP) is 1.88. The molecule has 3 aromatic rings. The largest absolute Gasteiger partial charge is 0.465 e. The molecule has 7 heteroatoms. The van der Waals surface area contributed by atoms with Crippen molar-refractivity contribution in [1.29, 1.82) is 0 Å². The summed E-state index contributed by atoms with van der Waals surface area (Å²) in [6, 6.07) is 10.0. The quantitative estimate of drug-likeness (QED) is 0.451. The van der Waals surface area contributed by atoms with Crippen LogP contribution >= 0.6 is 0 Å². The molecule has 0 spiro atoms. The van der Waals surface area contributed by atoms with Crippen molar-refractivity contribution in [3.8, 4) is 0 Å². The molecule has 120 valence electrons. The van der Waals surface area contributed by atoms with E-state index in [1.54, 1.807) is 55.0 Å². The Morgan fingerprint density at radius 3 is 2.71 bits per heavy atom. The molecule has 1 N–H and O–H groups in total. The molecule has 0 radical (unpaired) electrons. The molecular formula is C17H14N4O3. The van der Waals surface area contributed by atoms with Gasteiger partial charge >= 0.3 is 5.97 Å².